The van der Waals surface area contributed by atoms with Gasteiger partial charge < -0.3 is 9.47 Å². The Kier molecular flexibility index (Phi) is 7.41. The number of hydrazone groups is 1. The third-order valence-corrected chi connectivity index (χ3v) is 4.62. The molecule has 6 heteroatoms. The summed E-state index contributed by atoms with van der Waals surface area (Å²) >= 11 is 3.45. The fourth-order valence-electron chi connectivity index (χ4n) is 2.52. The van der Waals surface area contributed by atoms with Crippen molar-refractivity contribution < 1.29 is 14.3 Å². The van der Waals surface area contributed by atoms with Gasteiger partial charge in [-0.3, -0.25) is 4.79 Å². The van der Waals surface area contributed by atoms with E-state index in [1.54, 1.807) is 6.21 Å². The molecule has 5 nitrogen and oxygen atoms in total. The van der Waals surface area contributed by atoms with Gasteiger partial charge in [-0.15, -0.1) is 0 Å². The first kappa shape index (κ1) is 20.6. The molecule has 0 atom stereocenters. The summed E-state index contributed by atoms with van der Waals surface area (Å²) in [6, 6.07) is 22.8. The van der Waals surface area contributed by atoms with Gasteiger partial charge in [-0.25, -0.2) is 5.43 Å². The Morgan fingerprint density at radius 2 is 1.83 bits per heavy atom. The number of halogens is 1. The summed E-state index contributed by atoms with van der Waals surface area (Å²) in [6.45, 7) is 1.95. The maximum atomic E-state index is 12.0. The summed E-state index contributed by atoms with van der Waals surface area (Å²) in [5.74, 6) is 1.72. The molecule has 0 radical (unpaired) electrons. The van der Waals surface area contributed by atoms with Crippen molar-refractivity contribution in [2.45, 2.75) is 13.3 Å². The van der Waals surface area contributed by atoms with E-state index in [9.17, 15) is 4.79 Å². The van der Waals surface area contributed by atoms with Crippen molar-refractivity contribution in [3.05, 3.63) is 88.4 Å². The van der Waals surface area contributed by atoms with E-state index in [-0.39, 0.29) is 12.5 Å². The minimum absolute atomic E-state index is 0.126. The molecule has 0 saturated heterocycles. The predicted octanol–water partition coefficient (Wildman–Crippen LogP) is 5.33. The Balaban J connectivity index is 1.50. The average molecular weight is 453 g/mol. The first-order valence-electron chi connectivity index (χ1n) is 9.20. The molecule has 0 aromatic heterocycles. The lowest BCUT2D eigenvalue weighted by atomic mass is 10.2. The number of para-hydroxylation sites is 1. The molecule has 0 heterocycles. The minimum Gasteiger partial charge on any atom is -0.483 e. The third-order valence-electron chi connectivity index (χ3n) is 4.00. The van der Waals surface area contributed by atoms with Gasteiger partial charge in [-0.2, -0.15) is 5.10 Å². The van der Waals surface area contributed by atoms with Crippen LogP contribution in [0.15, 0.2) is 82.4 Å². The molecule has 0 unspecified atom stereocenters. The van der Waals surface area contributed by atoms with E-state index < -0.39 is 0 Å². The molecule has 0 fully saturated rings. The van der Waals surface area contributed by atoms with E-state index in [0.717, 1.165) is 22.2 Å². The third kappa shape index (κ3) is 6.47. The SMILES string of the molecule is CCc1ccc(OCC(=O)N/N=C/c2cccc(Oc3ccccc3)c2)c(Br)c1. The first-order chi connectivity index (χ1) is 14.1. The molecule has 3 aromatic rings. The number of hydrogen-bond acceptors (Lipinski definition) is 4. The van der Waals surface area contributed by atoms with Gasteiger partial charge in [0.2, 0.25) is 0 Å². The number of aryl methyl sites for hydroxylation is 1. The zero-order chi connectivity index (χ0) is 20.5. The highest BCUT2D eigenvalue weighted by Gasteiger charge is 2.06. The molecule has 0 aliphatic rings. The Morgan fingerprint density at radius 3 is 2.59 bits per heavy atom. The highest BCUT2D eigenvalue weighted by Crippen LogP contribution is 2.26. The van der Waals surface area contributed by atoms with Crippen molar-refractivity contribution in [1.82, 2.24) is 5.43 Å². The summed E-state index contributed by atoms with van der Waals surface area (Å²) in [4.78, 5) is 12.0. The average Bonchev–Trinajstić information content (AvgIpc) is 2.74. The zero-order valence-electron chi connectivity index (χ0n) is 16.0. The lowest BCUT2D eigenvalue weighted by Gasteiger charge is -2.08. The van der Waals surface area contributed by atoms with Crippen LogP contribution < -0.4 is 14.9 Å². The summed E-state index contributed by atoms with van der Waals surface area (Å²) in [5.41, 5.74) is 4.46. The lowest BCUT2D eigenvalue weighted by Crippen LogP contribution is -2.24. The van der Waals surface area contributed by atoms with Crippen LogP contribution in [0.4, 0.5) is 0 Å². The smallest absolute Gasteiger partial charge is 0.277 e. The molecule has 0 aliphatic heterocycles. The van der Waals surface area contributed by atoms with E-state index in [0.29, 0.717) is 11.5 Å². The van der Waals surface area contributed by atoms with Crippen molar-refractivity contribution in [3.8, 4) is 17.2 Å². The largest absolute Gasteiger partial charge is 0.483 e. The number of ether oxygens (including phenoxy) is 2. The highest BCUT2D eigenvalue weighted by molar-refractivity contribution is 9.10. The van der Waals surface area contributed by atoms with Crippen LogP contribution in [0.2, 0.25) is 0 Å². The van der Waals surface area contributed by atoms with Crippen molar-refractivity contribution in [3.63, 3.8) is 0 Å². The van der Waals surface area contributed by atoms with Gasteiger partial charge in [0.25, 0.3) is 5.91 Å². The van der Waals surface area contributed by atoms with Gasteiger partial charge in [-0.05, 0) is 69.9 Å². The first-order valence-corrected chi connectivity index (χ1v) is 9.99. The van der Waals surface area contributed by atoms with E-state index in [1.165, 1.54) is 5.56 Å². The van der Waals surface area contributed by atoms with Crippen molar-refractivity contribution in [2.75, 3.05) is 6.61 Å². The van der Waals surface area contributed by atoms with E-state index in [4.69, 9.17) is 9.47 Å². The number of nitrogens with zero attached hydrogens (tertiary/aromatic N) is 1. The second kappa shape index (κ2) is 10.4. The van der Waals surface area contributed by atoms with Gasteiger partial charge in [0.05, 0.1) is 10.7 Å². The van der Waals surface area contributed by atoms with E-state index in [1.807, 2.05) is 72.8 Å². The van der Waals surface area contributed by atoms with Gasteiger partial charge in [-0.1, -0.05) is 43.3 Å². The standard InChI is InChI=1S/C23H21BrN2O3/c1-2-17-11-12-22(21(24)14-17)28-16-23(27)26-25-15-18-7-6-10-20(13-18)29-19-8-4-3-5-9-19/h3-15H,2,16H2,1H3,(H,26,27)/b25-15+. The number of nitrogens with one attached hydrogen (secondary N) is 1. The van der Waals surface area contributed by atoms with Crippen LogP contribution in [-0.4, -0.2) is 18.7 Å². The molecular weight excluding hydrogens is 432 g/mol. The lowest BCUT2D eigenvalue weighted by molar-refractivity contribution is -0.123. The predicted molar refractivity (Wildman–Crippen MR) is 118 cm³/mol. The molecule has 0 bridgehead atoms. The summed E-state index contributed by atoms with van der Waals surface area (Å²) < 4.78 is 12.1. The molecule has 148 valence electrons. The van der Waals surface area contributed by atoms with Crippen molar-refractivity contribution >= 4 is 28.1 Å². The molecule has 29 heavy (non-hydrogen) atoms. The summed E-state index contributed by atoms with van der Waals surface area (Å²) in [7, 11) is 0. The zero-order valence-corrected chi connectivity index (χ0v) is 17.6. The second-order valence-corrected chi connectivity index (χ2v) is 7.04. The number of hydrogen-bond donors (Lipinski definition) is 1. The fourth-order valence-corrected chi connectivity index (χ4v) is 3.06. The maximum absolute atomic E-state index is 12.0. The van der Waals surface area contributed by atoms with Gasteiger partial charge in [0, 0.05) is 0 Å². The van der Waals surface area contributed by atoms with Crippen LogP contribution in [0.25, 0.3) is 0 Å². The highest BCUT2D eigenvalue weighted by atomic mass is 79.9. The van der Waals surface area contributed by atoms with Crippen LogP contribution in [-0.2, 0) is 11.2 Å². The Morgan fingerprint density at radius 1 is 1.03 bits per heavy atom. The fraction of sp³-hybridized carbons (Fsp3) is 0.130. The van der Waals surface area contributed by atoms with Gasteiger partial charge in [0.15, 0.2) is 6.61 Å². The van der Waals surface area contributed by atoms with Crippen molar-refractivity contribution in [2.24, 2.45) is 5.10 Å². The van der Waals surface area contributed by atoms with Gasteiger partial charge in [0.1, 0.15) is 17.2 Å². The molecule has 1 amide bonds. The van der Waals surface area contributed by atoms with Crippen LogP contribution in [0, 0.1) is 0 Å². The Labute approximate surface area is 178 Å². The minimum atomic E-state index is -0.343. The molecule has 1 N–H and O–H groups in total. The number of carbonyl (C=O) groups is 1. The number of carbonyl (C=O) groups excluding carboxylic acids is 1. The maximum Gasteiger partial charge on any atom is 0.277 e. The number of rotatable bonds is 8. The molecule has 3 rings (SSSR count). The van der Waals surface area contributed by atoms with Crippen LogP contribution >= 0.6 is 15.9 Å². The number of benzene rings is 3. The second-order valence-electron chi connectivity index (χ2n) is 6.19. The monoisotopic (exact) mass is 452 g/mol. The normalized spacial score (nSPS) is 10.7. The Bertz CT molecular complexity index is 990. The Hall–Kier alpha value is -3.12. The molecule has 3 aromatic carbocycles. The molecule has 0 saturated carbocycles. The van der Waals surface area contributed by atoms with Gasteiger partial charge >= 0.3 is 0 Å². The van der Waals surface area contributed by atoms with E-state index in [2.05, 4.69) is 33.4 Å². The number of amides is 1. The quantitative estimate of drug-likeness (QED) is 0.370. The van der Waals surface area contributed by atoms with Crippen LogP contribution in [0.3, 0.4) is 0 Å². The van der Waals surface area contributed by atoms with Crippen molar-refractivity contribution in [1.29, 1.82) is 0 Å². The van der Waals surface area contributed by atoms with E-state index >= 15 is 0 Å². The topological polar surface area (TPSA) is 59.9 Å². The molecule has 0 aliphatic carbocycles. The van der Waals surface area contributed by atoms with Crippen LogP contribution in [0.1, 0.15) is 18.1 Å². The molecule has 0 spiro atoms. The molecular formula is C23H21BrN2O3. The van der Waals surface area contributed by atoms with Crippen LogP contribution in [0.5, 0.6) is 17.2 Å². The summed E-state index contributed by atoms with van der Waals surface area (Å²) in [6.07, 6.45) is 2.49. The summed E-state index contributed by atoms with van der Waals surface area (Å²) in [5, 5.41) is 3.98.